The van der Waals surface area contributed by atoms with Crippen LogP contribution in [0, 0.1) is 0 Å². The number of nitrogens with zero attached hydrogens (tertiary/aromatic N) is 4. The molecular formula is C32H38N4O3. The lowest BCUT2D eigenvalue weighted by atomic mass is 10.1. The number of aromatic nitrogens is 1. The van der Waals surface area contributed by atoms with Gasteiger partial charge in [0, 0.05) is 69.7 Å². The second-order valence-electron chi connectivity index (χ2n) is 10.6. The third-order valence-corrected chi connectivity index (χ3v) is 8.18. The number of hydrogen-bond acceptors (Lipinski definition) is 5. The van der Waals surface area contributed by atoms with Gasteiger partial charge in [-0.2, -0.15) is 0 Å². The molecule has 2 aromatic carbocycles. The Balaban J connectivity index is 1.45. The average molecular weight is 527 g/mol. The molecule has 2 bridgehead atoms. The van der Waals surface area contributed by atoms with Gasteiger partial charge in [0.25, 0.3) is 0 Å². The molecule has 0 aliphatic carbocycles. The van der Waals surface area contributed by atoms with E-state index in [4.69, 9.17) is 4.74 Å². The molecule has 7 nitrogen and oxygen atoms in total. The Hall–Kier alpha value is -3.71. The minimum Gasteiger partial charge on any atom is -0.496 e. The third-order valence-electron chi connectivity index (χ3n) is 8.18. The SMILES string of the molecule is COc1ccccc1CCC(=O)N1Cc2ccccc2N(C(C)=O)CCC2CCC(C1)N2Cc1ccncc1. The molecule has 39 heavy (non-hydrogen) atoms. The summed E-state index contributed by atoms with van der Waals surface area (Å²) in [6.45, 7) is 4.26. The van der Waals surface area contributed by atoms with Crippen LogP contribution in [0.5, 0.6) is 5.75 Å². The number of anilines is 1. The van der Waals surface area contributed by atoms with Crippen molar-refractivity contribution in [3.8, 4) is 5.75 Å². The monoisotopic (exact) mass is 526 g/mol. The molecule has 7 heteroatoms. The highest BCUT2D eigenvalue weighted by molar-refractivity contribution is 5.92. The molecule has 2 amide bonds. The number of para-hydroxylation sites is 2. The van der Waals surface area contributed by atoms with Crippen molar-refractivity contribution in [1.82, 2.24) is 14.8 Å². The average Bonchev–Trinajstić information content (AvgIpc) is 3.31. The fourth-order valence-electron chi connectivity index (χ4n) is 6.14. The van der Waals surface area contributed by atoms with Crippen LogP contribution in [-0.4, -0.2) is 58.9 Å². The molecule has 5 rings (SSSR count). The predicted octanol–water partition coefficient (Wildman–Crippen LogP) is 4.84. The van der Waals surface area contributed by atoms with Crippen molar-refractivity contribution in [3.05, 3.63) is 89.7 Å². The zero-order valence-corrected chi connectivity index (χ0v) is 23.0. The number of methoxy groups -OCH3 is 1. The zero-order valence-electron chi connectivity index (χ0n) is 23.0. The summed E-state index contributed by atoms with van der Waals surface area (Å²) < 4.78 is 5.52. The maximum Gasteiger partial charge on any atom is 0.223 e. The molecule has 2 aliphatic heterocycles. The van der Waals surface area contributed by atoms with Crippen LogP contribution < -0.4 is 9.64 Å². The number of pyridine rings is 1. The van der Waals surface area contributed by atoms with Crippen molar-refractivity contribution < 1.29 is 14.3 Å². The summed E-state index contributed by atoms with van der Waals surface area (Å²) in [5.74, 6) is 0.968. The molecule has 1 fully saturated rings. The molecule has 3 heterocycles. The molecule has 0 saturated carbocycles. The van der Waals surface area contributed by atoms with Gasteiger partial charge in [0.2, 0.25) is 11.8 Å². The van der Waals surface area contributed by atoms with Crippen LogP contribution in [0.15, 0.2) is 73.1 Å². The zero-order chi connectivity index (χ0) is 27.2. The van der Waals surface area contributed by atoms with E-state index in [0.29, 0.717) is 38.5 Å². The van der Waals surface area contributed by atoms with Crippen LogP contribution in [-0.2, 0) is 29.1 Å². The van der Waals surface area contributed by atoms with Crippen LogP contribution in [0.25, 0.3) is 0 Å². The second kappa shape index (κ2) is 12.4. The van der Waals surface area contributed by atoms with E-state index in [1.54, 1.807) is 14.0 Å². The van der Waals surface area contributed by atoms with Gasteiger partial charge < -0.3 is 14.5 Å². The lowest BCUT2D eigenvalue weighted by Crippen LogP contribution is -2.45. The first kappa shape index (κ1) is 26.9. The van der Waals surface area contributed by atoms with Crippen molar-refractivity contribution in [2.75, 3.05) is 25.1 Å². The van der Waals surface area contributed by atoms with E-state index in [0.717, 1.165) is 48.4 Å². The van der Waals surface area contributed by atoms with Crippen LogP contribution in [0.4, 0.5) is 5.69 Å². The number of fused-ring (bicyclic) bond motifs is 3. The van der Waals surface area contributed by atoms with Gasteiger partial charge in [0.1, 0.15) is 5.75 Å². The number of ether oxygens (including phenoxy) is 1. The summed E-state index contributed by atoms with van der Waals surface area (Å²) in [5, 5.41) is 0. The van der Waals surface area contributed by atoms with Crippen LogP contribution in [0.1, 0.15) is 49.3 Å². The van der Waals surface area contributed by atoms with Gasteiger partial charge in [-0.05, 0) is 66.6 Å². The summed E-state index contributed by atoms with van der Waals surface area (Å²) in [5.41, 5.74) is 4.18. The van der Waals surface area contributed by atoms with Crippen molar-refractivity contribution in [1.29, 1.82) is 0 Å². The summed E-state index contributed by atoms with van der Waals surface area (Å²) in [4.78, 5) is 37.4. The Morgan fingerprint density at radius 1 is 0.949 bits per heavy atom. The van der Waals surface area contributed by atoms with Crippen LogP contribution in [0.2, 0.25) is 0 Å². The summed E-state index contributed by atoms with van der Waals surface area (Å²) >= 11 is 0. The van der Waals surface area contributed by atoms with E-state index in [2.05, 4.69) is 28.1 Å². The molecule has 1 saturated heterocycles. The Labute approximate surface area is 231 Å². The van der Waals surface area contributed by atoms with Gasteiger partial charge in [0.05, 0.1) is 7.11 Å². The van der Waals surface area contributed by atoms with Crippen molar-refractivity contribution in [3.63, 3.8) is 0 Å². The molecule has 2 atom stereocenters. The van der Waals surface area contributed by atoms with E-state index >= 15 is 0 Å². The molecule has 0 spiro atoms. The van der Waals surface area contributed by atoms with Gasteiger partial charge in [0.15, 0.2) is 0 Å². The van der Waals surface area contributed by atoms with Gasteiger partial charge in [-0.25, -0.2) is 0 Å². The predicted molar refractivity (Wildman–Crippen MR) is 152 cm³/mol. The van der Waals surface area contributed by atoms with Crippen molar-refractivity contribution in [2.24, 2.45) is 0 Å². The maximum atomic E-state index is 13.9. The van der Waals surface area contributed by atoms with Crippen LogP contribution in [0.3, 0.4) is 0 Å². The van der Waals surface area contributed by atoms with Gasteiger partial charge >= 0.3 is 0 Å². The Bertz CT molecular complexity index is 1280. The van der Waals surface area contributed by atoms with Gasteiger partial charge in [-0.15, -0.1) is 0 Å². The largest absolute Gasteiger partial charge is 0.496 e. The number of rotatable bonds is 6. The van der Waals surface area contributed by atoms with E-state index in [9.17, 15) is 9.59 Å². The molecule has 2 unspecified atom stereocenters. The maximum absolute atomic E-state index is 13.9. The highest BCUT2D eigenvalue weighted by Crippen LogP contribution is 2.33. The lowest BCUT2D eigenvalue weighted by Gasteiger charge is -2.34. The Morgan fingerprint density at radius 2 is 1.69 bits per heavy atom. The number of carbonyl (C=O) groups excluding carboxylic acids is 2. The molecule has 1 aromatic heterocycles. The second-order valence-corrected chi connectivity index (χ2v) is 10.6. The third kappa shape index (κ3) is 6.31. The number of benzene rings is 2. The minimum atomic E-state index is 0.0333. The fraction of sp³-hybridized carbons (Fsp3) is 0.406. The molecule has 0 radical (unpaired) electrons. The van der Waals surface area contributed by atoms with E-state index in [1.165, 1.54) is 5.56 Å². The normalized spacial score (nSPS) is 19.7. The standard InChI is InChI=1S/C32H38N4O3/c1-24(37)35-20-17-28-12-13-29(36(28)21-25-15-18-33-19-16-25)23-34(22-27-8-3-5-9-30(27)35)32(38)14-11-26-7-4-6-10-31(26)39-2/h3-10,15-16,18-19,28-29H,11-14,17,20-23H2,1-2H3. The van der Waals surface area contributed by atoms with E-state index < -0.39 is 0 Å². The first-order valence-corrected chi connectivity index (χ1v) is 13.9. The topological polar surface area (TPSA) is 66.0 Å². The Morgan fingerprint density at radius 3 is 2.49 bits per heavy atom. The number of carbonyl (C=O) groups is 2. The number of hydrogen-bond donors (Lipinski definition) is 0. The quantitative estimate of drug-likeness (QED) is 0.460. The molecule has 0 N–H and O–H groups in total. The van der Waals surface area contributed by atoms with Gasteiger partial charge in [-0.3, -0.25) is 19.5 Å². The lowest BCUT2D eigenvalue weighted by molar-refractivity contribution is -0.132. The highest BCUT2D eigenvalue weighted by atomic mass is 16.5. The highest BCUT2D eigenvalue weighted by Gasteiger charge is 2.36. The van der Waals surface area contributed by atoms with E-state index in [1.807, 2.05) is 64.7 Å². The summed E-state index contributed by atoms with van der Waals surface area (Å²) in [6.07, 6.45) is 7.70. The van der Waals surface area contributed by atoms with Crippen molar-refractivity contribution in [2.45, 2.75) is 64.2 Å². The molecular weight excluding hydrogens is 488 g/mol. The van der Waals surface area contributed by atoms with Crippen molar-refractivity contribution >= 4 is 17.5 Å². The molecule has 204 valence electrons. The number of aryl methyl sites for hydroxylation is 1. The molecule has 3 aromatic rings. The summed E-state index contributed by atoms with van der Waals surface area (Å²) in [6, 6.07) is 20.7. The first-order chi connectivity index (χ1) is 19.0. The van der Waals surface area contributed by atoms with Crippen LogP contribution >= 0.6 is 0 Å². The number of amides is 2. The molecule has 2 aliphatic rings. The minimum absolute atomic E-state index is 0.0333. The fourth-order valence-corrected chi connectivity index (χ4v) is 6.14. The first-order valence-electron chi connectivity index (χ1n) is 13.9. The Kier molecular flexibility index (Phi) is 8.57. The smallest absolute Gasteiger partial charge is 0.223 e. The van der Waals surface area contributed by atoms with Gasteiger partial charge in [-0.1, -0.05) is 36.4 Å². The van der Waals surface area contributed by atoms with E-state index in [-0.39, 0.29) is 17.9 Å². The summed E-state index contributed by atoms with van der Waals surface area (Å²) in [7, 11) is 1.67.